The number of hydrogen-bond acceptors (Lipinski definition) is 2. The monoisotopic (exact) mass is 180 g/mol. The van der Waals surface area contributed by atoms with E-state index in [-0.39, 0.29) is 11.6 Å². The molecule has 2 rings (SSSR count). The second-order valence-electron chi connectivity index (χ2n) is 3.08. The van der Waals surface area contributed by atoms with Gasteiger partial charge in [-0.1, -0.05) is 0 Å². The first-order chi connectivity index (χ1) is 6.16. The molecule has 1 aromatic rings. The Balaban J connectivity index is 2.49. The molecule has 0 aromatic heterocycles. The molecule has 68 valence electrons. The maximum atomic E-state index is 13.0. The van der Waals surface area contributed by atoms with E-state index in [0.29, 0.717) is 18.5 Å². The predicted molar refractivity (Wildman–Crippen MR) is 47.8 cm³/mol. The highest BCUT2D eigenvalue weighted by Crippen LogP contribution is 2.26. The minimum atomic E-state index is -0.421. The molecular weight excluding hydrogens is 171 g/mol. The van der Waals surface area contributed by atoms with Crippen molar-refractivity contribution in [1.82, 2.24) is 0 Å². The molecule has 0 radical (unpaired) electrons. The Morgan fingerprint density at radius 2 is 2.15 bits per heavy atom. The summed E-state index contributed by atoms with van der Waals surface area (Å²) in [6.07, 6.45) is 0.995. The number of carbonyl (C=O) groups is 1. The van der Waals surface area contributed by atoms with Crippen LogP contribution in [-0.2, 0) is 11.2 Å². The molecular formula is C9H9FN2O. The van der Waals surface area contributed by atoms with E-state index in [2.05, 4.69) is 5.32 Å². The van der Waals surface area contributed by atoms with Crippen LogP contribution in [0.5, 0.6) is 0 Å². The summed E-state index contributed by atoms with van der Waals surface area (Å²) in [4.78, 5) is 11.0. The zero-order chi connectivity index (χ0) is 9.42. The van der Waals surface area contributed by atoms with E-state index < -0.39 is 5.82 Å². The molecule has 13 heavy (non-hydrogen) atoms. The third-order valence-corrected chi connectivity index (χ3v) is 2.12. The summed E-state index contributed by atoms with van der Waals surface area (Å²) in [5, 5.41) is 2.64. The van der Waals surface area contributed by atoms with E-state index in [0.717, 1.165) is 5.56 Å². The maximum Gasteiger partial charge on any atom is 0.224 e. The summed E-state index contributed by atoms with van der Waals surface area (Å²) in [5.74, 6) is -0.464. The first-order valence-corrected chi connectivity index (χ1v) is 4.04. The van der Waals surface area contributed by atoms with Crippen molar-refractivity contribution in [2.75, 3.05) is 11.1 Å². The van der Waals surface area contributed by atoms with Gasteiger partial charge in [-0.2, -0.15) is 0 Å². The van der Waals surface area contributed by atoms with E-state index >= 15 is 0 Å². The number of aryl methyl sites for hydroxylation is 1. The van der Waals surface area contributed by atoms with Gasteiger partial charge in [0.2, 0.25) is 5.91 Å². The average molecular weight is 180 g/mol. The summed E-state index contributed by atoms with van der Waals surface area (Å²) in [6.45, 7) is 0. The molecule has 3 N–H and O–H groups in total. The molecule has 1 heterocycles. The van der Waals surface area contributed by atoms with Crippen LogP contribution in [0.4, 0.5) is 15.8 Å². The number of amides is 1. The van der Waals surface area contributed by atoms with Crippen molar-refractivity contribution in [2.45, 2.75) is 12.8 Å². The SMILES string of the molecule is Nc1cc2c(cc1F)CCC(=O)N2. The molecule has 1 aliphatic rings. The number of nitrogen functional groups attached to an aromatic ring is 1. The second kappa shape index (κ2) is 2.73. The molecule has 0 fully saturated rings. The van der Waals surface area contributed by atoms with Crippen molar-refractivity contribution in [1.29, 1.82) is 0 Å². The van der Waals surface area contributed by atoms with Crippen molar-refractivity contribution in [3.63, 3.8) is 0 Å². The van der Waals surface area contributed by atoms with E-state index in [1.54, 1.807) is 0 Å². The molecule has 0 atom stereocenters. The van der Waals surface area contributed by atoms with Gasteiger partial charge in [-0.3, -0.25) is 4.79 Å². The van der Waals surface area contributed by atoms with E-state index in [1.165, 1.54) is 12.1 Å². The van der Waals surface area contributed by atoms with Gasteiger partial charge < -0.3 is 11.1 Å². The van der Waals surface area contributed by atoms with E-state index in [4.69, 9.17) is 5.73 Å². The average Bonchev–Trinajstić information content (AvgIpc) is 2.08. The molecule has 0 unspecified atom stereocenters. The largest absolute Gasteiger partial charge is 0.396 e. The number of hydrogen-bond donors (Lipinski definition) is 2. The van der Waals surface area contributed by atoms with Gasteiger partial charge >= 0.3 is 0 Å². The summed E-state index contributed by atoms with van der Waals surface area (Å²) < 4.78 is 13.0. The summed E-state index contributed by atoms with van der Waals surface area (Å²) in [7, 11) is 0. The number of halogens is 1. The predicted octanol–water partition coefficient (Wildman–Crippen LogP) is 1.29. The molecule has 1 aromatic carbocycles. The molecule has 0 saturated carbocycles. The van der Waals surface area contributed by atoms with Crippen molar-refractivity contribution in [3.8, 4) is 0 Å². The van der Waals surface area contributed by atoms with Gasteiger partial charge in [-0.15, -0.1) is 0 Å². The molecule has 0 bridgehead atoms. The third kappa shape index (κ3) is 1.35. The van der Waals surface area contributed by atoms with Crippen LogP contribution in [0.1, 0.15) is 12.0 Å². The van der Waals surface area contributed by atoms with Gasteiger partial charge in [0.1, 0.15) is 5.82 Å². The highest BCUT2D eigenvalue weighted by molar-refractivity contribution is 5.94. The van der Waals surface area contributed by atoms with Crippen LogP contribution >= 0.6 is 0 Å². The van der Waals surface area contributed by atoms with Crippen molar-refractivity contribution >= 4 is 17.3 Å². The number of nitrogens with one attached hydrogen (secondary N) is 1. The van der Waals surface area contributed by atoms with Crippen molar-refractivity contribution in [3.05, 3.63) is 23.5 Å². The number of anilines is 2. The summed E-state index contributed by atoms with van der Waals surface area (Å²) >= 11 is 0. The Bertz CT molecular complexity index is 376. The first kappa shape index (κ1) is 8.04. The minimum Gasteiger partial charge on any atom is -0.396 e. The quantitative estimate of drug-likeness (QED) is 0.591. The minimum absolute atomic E-state index is 0.0430. The van der Waals surface area contributed by atoms with E-state index in [9.17, 15) is 9.18 Å². The lowest BCUT2D eigenvalue weighted by Gasteiger charge is -2.17. The molecule has 0 spiro atoms. The Hall–Kier alpha value is -1.58. The number of nitrogens with two attached hydrogens (primary N) is 1. The molecule has 4 heteroatoms. The Kier molecular flexibility index (Phi) is 1.69. The number of benzene rings is 1. The Labute approximate surface area is 74.7 Å². The molecule has 3 nitrogen and oxygen atoms in total. The highest BCUT2D eigenvalue weighted by Gasteiger charge is 2.16. The fraction of sp³-hybridized carbons (Fsp3) is 0.222. The Morgan fingerprint density at radius 3 is 2.92 bits per heavy atom. The lowest BCUT2D eigenvalue weighted by molar-refractivity contribution is -0.116. The van der Waals surface area contributed by atoms with Gasteiger partial charge in [0.25, 0.3) is 0 Å². The normalized spacial score (nSPS) is 15.0. The van der Waals surface area contributed by atoms with E-state index in [1.807, 2.05) is 0 Å². The van der Waals surface area contributed by atoms with Crippen LogP contribution in [0.3, 0.4) is 0 Å². The zero-order valence-electron chi connectivity index (χ0n) is 6.93. The maximum absolute atomic E-state index is 13.0. The van der Waals surface area contributed by atoms with Crippen LogP contribution < -0.4 is 11.1 Å². The van der Waals surface area contributed by atoms with Crippen LogP contribution in [0.25, 0.3) is 0 Å². The van der Waals surface area contributed by atoms with Gasteiger partial charge in [0.15, 0.2) is 0 Å². The topological polar surface area (TPSA) is 55.1 Å². The highest BCUT2D eigenvalue weighted by atomic mass is 19.1. The number of carbonyl (C=O) groups excluding carboxylic acids is 1. The molecule has 1 aliphatic heterocycles. The molecule has 0 saturated heterocycles. The number of fused-ring (bicyclic) bond motifs is 1. The third-order valence-electron chi connectivity index (χ3n) is 2.12. The van der Waals surface area contributed by atoms with Gasteiger partial charge in [0.05, 0.1) is 5.69 Å². The fourth-order valence-corrected chi connectivity index (χ4v) is 1.42. The Morgan fingerprint density at radius 1 is 1.38 bits per heavy atom. The van der Waals surface area contributed by atoms with Gasteiger partial charge in [-0.05, 0) is 24.1 Å². The van der Waals surface area contributed by atoms with Gasteiger partial charge in [-0.25, -0.2) is 4.39 Å². The lowest BCUT2D eigenvalue weighted by Crippen LogP contribution is -2.19. The van der Waals surface area contributed by atoms with Crippen molar-refractivity contribution < 1.29 is 9.18 Å². The zero-order valence-corrected chi connectivity index (χ0v) is 6.93. The first-order valence-electron chi connectivity index (χ1n) is 4.04. The summed E-state index contributed by atoms with van der Waals surface area (Å²) in [5.41, 5.74) is 6.88. The standard InChI is InChI=1S/C9H9FN2O/c10-6-3-5-1-2-9(13)12-8(5)4-7(6)11/h3-4H,1-2,11H2,(H,12,13). The number of rotatable bonds is 0. The molecule has 1 amide bonds. The van der Waals surface area contributed by atoms with Crippen molar-refractivity contribution in [2.24, 2.45) is 0 Å². The van der Waals surface area contributed by atoms with Crippen LogP contribution in [0, 0.1) is 5.82 Å². The van der Waals surface area contributed by atoms with Crippen LogP contribution in [0.15, 0.2) is 12.1 Å². The van der Waals surface area contributed by atoms with Crippen LogP contribution in [0.2, 0.25) is 0 Å². The van der Waals surface area contributed by atoms with Gasteiger partial charge in [0, 0.05) is 12.1 Å². The smallest absolute Gasteiger partial charge is 0.224 e. The second-order valence-corrected chi connectivity index (χ2v) is 3.08. The fourth-order valence-electron chi connectivity index (χ4n) is 1.42. The molecule has 0 aliphatic carbocycles. The van der Waals surface area contributed by atoms with Crippen LogP contribution in [-0.4, -0.2) is 5.91 Å². The lowest BCUT2D eigenvalue weighted by atomic mass is 10.0. The summed E-state index contributed by atoms with van der Waals surface area (Å²) in [6, 6.07) is 2.84.